The Labute approximate surface area is 231 Å². The Bertz CT molecular complexity index is 784. The second-order valence-electron chi connectivity index (χ2n) is 11.6. The molecule has 0 aromatic heterocycles. The molecule has 2 aliphatic heterocycles. The summed E-state index contributed by atoms with van der Waals surface area (Å²) < 4.78 is 17.8. The van der Waals surface area contributed by atoms with Crippen LogP contribution >= 0.6 is 0 Å². The average molecular weight is 563 g/mol. The van der Waals surface area contributed by atoms with Crippen molar-refractivity contribution in [2.75, 3.05) is 13.2 Å². The zero-order chi connectivity index (χ0) is 29.5. The van der Waals surface area contributed by atoms with E-state index in [1.165, 1.54) is 0 Å². The van der Waals surface area contributed by atoms with E-state index in [0.717, 1.165) is 0 Å². The first-order chi connectivity index (χ1) is 18.2. The zero-order valence-electron chi connectivity index (χ0n) is 23.7. The highest BCUT2D eigenvalue weighted by molar-refractivity contribution is 5.80. The van der Waals surface area contributed by atoms with Crippen LogP contribution in [0.5, 0.6) is 0 Å². The topological polar surface area (TPSA) is 204 Å². The Morgan fingerprint density at radius 3 is 2.44 bits per heavy atom. The predicted molar refractivity (Wildman–Crippen MR) is 142 cm³/mol. The van der Waals surface area contributed by atoms with Gasteiger partial charge in [0.25, 0.3) is 0 Å². The average Bonchev–Trinajstić information content (AvgIpc) is 2.83. The lowest BCUT2D eigenvalue weighted by Crippen LogP contribution is -2.62. The van der Waals surface area contributed by atoms with Crippen molar-refractivity contribution in [3.05, 3.63) is 12.2 Å². The monoisotopic (exact) mass is 562 g/mol. The summed E-state index contributed by atoms with van der Waals surface area (Å²) in [6, 6.07) is -1.01. The molecular formula is C27H50N2O10. The van der Waals surface area contributed by atoms with Crippen LogP contribution in [-0.4, -0.2) is 111 Å². The molecule has 2 rings (SSSR count). The second kappa shape index (κ2) is 15.2. The van der Waals surface area contributed by atoms with Crippen LogP contribution in [0, 0.1) is 17.8 Å². The number of aliphatic hydroxyl groups is 6. The summed E-state index contributed by atoms with van der Waals surface area (Å²) in [4.78, 5) is 13.1. The number of rotatable bonds is 13. The lowest BCUT2D eigenvalue weighted by molar-refractivity contribution is -0.307. The number of allylic oxidation sites excluding steroid dienone is 1. The summed E-state index contributed by atoms with van der Waals surface area (Å²) in [6.07, 6.45) is -4.92. The molecule has 12 nitrogen and oxygen atoms in total. The first-order valence-electron chi connectivity index (χ1n) is 13.9. The van der Waals surface area contributed by atoms with Crippen molar-refractivity contribution in [2.24, 2.45) is 23.5 Å². The van der Waals surface area contributed by atoms with Gasteiger partial charge in [-0.05, 0) is 25.2 Å². The molecule has 0 radical (unpaired) electrons. The number of aliphatic hydroxyl groups excluding tert-OH is 5. The Kier molecular flexibility index (Phi) is 13.2. The molecule has 0 aromatic rings. The molecule has 2 fully saturated rings. The fourth-order valence-electron chi connectivity index (χ4n) is 4.85. The van der Waals surface area contributed by atoms with E-state index in [4.69, 9.17) is 25.1 Å². The third-order valence-corrected chi connectivity index (χ3v) is 7.33. The summed E-state index contributed by atoms with van der Waals surface area (Å²) in [5.74, 6) is -3.54. The van der Waals surface area contributed by atoms with E-state index in [9.17, 15) is 30.3 Å². The van der Waals surface area contributed by atoms with Gasteiger partial charge >= 0.3 is 0 Å². The van der Waals surface area contributed by atoms with Gasteiger partial charge in [0.15, 0.2) is 12.1 Å². The van der Waals surface area contributed by atoms with Gasteiger partial charge in [-0.25, -0.2) is 0 Å². The number of nitrogens with two attached hydrogens (primary N) is 1. The maximum atomic E-state index is 13.1. The van der Waals surface area contributed by atoms with Crippen LogP contribution in [0.3, 0.4) is 0 Å². The highest BCUT2D eigenvalue weighted by Crippen LogP contribution is 2.38. The number of hydrogen-bond acceptors (Lipinski definition) is 11. The second-order valence-corrected chi connectivity index (χ2v) is 11.6. The summed E-state index contributed by atoms with van der Waals surface area (Å²) >= 11 is 0. The van der Waals surface area contributed by atoms with Crippen molar-refractivity contribution in [3.63, 3.8) is 0 Å². The van der Waals surface area contributed by atoms with E-state index in [1.807, 2.05) is 19.9 Å². The van der Waals surface area contributed by atoms with Crippen molar-refractivity contribution >= 4 is 5.91 Å². The van der Waals surface area contributed by atoms with E-state index < -0.39 is 72.7 Å². The van der Waals surface area contributed by atoms with Gasteiger partial charge in [0.05, 0.1) is 48.6 Å². The summed E-state index contributed by atoms with van der Waals surface area (Å²) in [5.41, 5.74) is 5.97. The first kappa shape index (κ1) is 34.0. The fourth-order valence-corrected chi connectivity index (χ4v) is 4.85. The number of nitrogens with one attached hydrogen (secondary N) is 1. The van der Waals surface area contributed by atoms with Gasteiger partial charge in [-0.1, -0.05) is 39.8 Å². The van der Waals surface area contributed by atoms with Gasteiger partial charge < -0.3 is 55.9 Å². The highest BCUT2D eigenvalue weighted by atomic mass is 16.7. The molecule has 0 aromatic carbocycles. The van der Waals surface area contributed by atoms with E-state index in [0.29, 0.717) is 6.42 Å². The smallest absolute Gasteiger partial charge is 0.228 e. The van der Waals surface area contributed by atoms with Gasteiger partial charge in [-0.3, -0.25) is 4.79 Å². The SMILES string of the molecule is CC(C)/C=C/[C@@H](C[C@@H]1O[C@](O)(C[C@@H](O)C(C)C)C[C@H](O)[C@H]1C(=O)NCCCO)OC1OC(C)C(O)C(N)C1O. The predicted octanol–water partition coefficient (Wildman–Crippen LogP) is -0.872. The number of carbonyl (C=O) groups excluding carboxylic acids is 1. The van der Waals surface area contributed by atoms with Crippen LogP contribution in [-0.2, 0) is 19.0 Å². The van der Waals surface area contributed by atoms with Crippen molar-refractivity contribution in [3.8, 4) is 0 Å². The molecule has 2 saturated heterocycles. The van der Waals surface area contributed by atoms with Crippen LogP contribution in [0.15, 0.2) is 12.2 Å². The van der Waals surface area contributed by atoms with E-state index >= 15 is 0 Å². The molecule has 12 heteroatoms. The Morgan fingerprint density at radius 2 is 1.85 bits per heavy atom. The quantitative estimate of drug-likeness (QED) is 0.102. The normalized spacial score (nSPS) is 37.4. The van der Waals surface area contributed by atoms with E-state index in [-0.39, 0.29) is 44.2 Å². The van der Waals surface area contributed by atoms with Crippen LogP contribution in [0.4, 0.5) is 0 Å². The molecule has 1 amide bonds. The standard InChI is InChI=1S/C27H50N2O10/c1-14(2)7-8-17(38-26-24(34)22(28)23(33)16(5)37-26)11-20-21(25(35)29-9-6-10-30)19(32)13-27(36,39-20)12-18(31)15(3)4/h7-8,14-24,26,30-34,36H,6,9-13,28H2,1-5H3,(H,29,35)/b8-7+/t16?,17-,18+,19-,20-,21+,22?,23?,24?,26?,27+/m0/s1. The molecule has 2 heterocycles. The maximum Gasteiger partial charge on any atom is 0.228 e. The Morgan fingerprint density at radius 1 is 1.18 bits per heavy atom. The minimum absolute atomic E-state index is 0.0167. The third kappa shape index (κ3) is 9.70. The Balaban J connectivity index is 2.34. The molecule has 39 heavy (non-hydrogen) atoms. The molecule has 0 aliphatic carbocycles. The van der Waals surface area contributed by atoms with Crippen molar-refractivity contribution in [1.82, 2.24) is 5.32 Å². The number of ether oxygens (including phenoxy) is 3. The van der Waals surface area contributed by atoms with Crippen LogP contribution in [0.2, 0.25) is 0 Å². The largest absolute Gasteiger partial charge is 0.396 e. The molecule has 9 N–H and O–H groups in total. The third-order valence-electron chi connectivity index (χ3n) is 7.33. The van der Waals surface area contributed by atoms with Gasteiger partial charge in [0.2, 0.25) is 5.91 Å². The van der Waals surface area contributed by atoms with Crippen LogP contribution < -0.4 is 11.1 Å². The zero-order valence-corrected chi connectivity index (χ0v) is 23.7. The van der Waals surface area contributed by atoms with Crippen LogP contribution in [0.1, 0.15) is 60.3 Å². The van der Waals surface area contributed by atoms with Crippen molar-refractivity contribution in [2.45, 2.75) is 121 Å². The summed E-state index contributed by atoms with van der Waals surface area (Å²) in [6.45, 7) is 9.18. The molecule has 0 saturated carbocycles. The fraction of sp³-hybridized carbons (Fsp3) is 0.889. The molecule has 0 bridgehead atoms. The number of hydrogen-bond donors (Lipinski definition) is 8. The lowest BCUT2D eigenvalue weighted by atomic mass is 9.81. The first-order valence-corrected chi connectivity index (χ1v) is 13.9. The van der Waals surface area contributed by atoms with Crippen LogP contribution in [0.25, 0.3) is 0 Å². The van der Waals surface area contributed by atoms with E-state index in [2.05, 4.69) is 5.32 Å². The maximum absolute atomic E-state index is 13.1. The van der Waals surface area contributed by atoms with Gasteiger partial charge in [0, 0.05) is 32.4 Å². The van der Waals surface area contributed by atoms with Crippen molar-refractivity contribution in [1.29, 1.82) is 0 Å². The summed E-state index contributed by atoms with van der Waals surface area (Å²) in [5, 5.41) is 65.3. The molecule has 5 unspecified atom stereocenters. The lowest BCUT2D eigenvalue weighted by Gasteiger charge is -2.46. The molecule has 11 atom stereocenters. The molecule has 2 aliphatic rings. The van der Waals surface area contributed by atoms with Crippen molar-refractivity contribution < 1.29 is 49.6 Å². The minimum atomic E-state index is -1.90. The minimum Gasteiger partial charge on any atom is -0.396 e. The molecular weight excluding hydrogens is 512 g/mol. The highest BCUT2D eigenvalue weighted by Gasteiger charge is 2.50. The van der Waals surface area contributed by atoms with Gasteiger partial charge in [-0.15, -0.1) is 0 Å². The number of amides is 1. The van der Waals surface area contributed by atoms with Gasteiger partial charge in [-0.2, -0.15) is 0 Å². The van der Waals surface area contributed by atoms with Gasteiger partial charge in [0.1, 0.15) is 6.10 Å². The molecule has 228 valence electrons. The summed E-state index contributed by atoms with van der Waals surface area (Å²) in [7, 11) is 0. The molecule has 0 spiro atoms. The van der Waals surface area contributed by atoms with E-state index in [1.54, 1.807) is 26.8 Å². The number of carbonyl (C=O) groups is 1. The Hall–Kier alpha value is -1.19.